The van der Waals surface area contributed by atoms with Gasteiger partial charge in [-0.1, -0.05) is 18.2 Å². The molecular weight excluding hydrogens is 430 g/mol. The summed E-state index contributed by atoms with van der Waals surface area (Å²) < 4.78 is 6.18. The molecule has 0 bridgehead atoms. The summed E-state index contributed by atoms with van der Waals surface area (Å²) in [5.41, 5.74) is 9.39. The lowest BCUT2D eigenvalue weighted by Crippen LogP contribution is -2.57. The second kappa shape index (κ2) is 8.66. The lowest BCUT2D eigenvalue weighted by atomic mass is 10.1. The van der Waals surface area contributed by atoms with E-state index in [2.05, 4.69) is 66.8 Å². The number of rotatable bonds is 6. The number of benzene rings is 2. The Kier molecular flexibility index (Phi) is 5.35. The molecular formula is C25H29N7O2. The number of piperazine rings is 1. The summed E-state index contributed by atoms with van der Waals surface area (Å²) in [5, 5.41) is 16.4. The Bertz CT molecular complexity index is 1170. The second-order valence-corrected chi connectivity index (χ2v) is 9.11. The molecule has 9 heteroatoms. The number of hydrogen-bond donors (Lipinski definition) is 4. The number of nitrogens with zero attached hydrogens (tertiary/aromatic N) is 4. The molecule has 3 aliphatic rings. The van der Waals surface area contributed by atoms with Crippen molar-refractivity contribution in [2.75, 3.05) is 46.7 Å². The molecule has 2 unspecified atom stereocenters. The Morgan fingerprint density at radius 3 is 2.76 bits per heavy atom. The summed E-state index contributed by atoms with van der Waals surface area (Å²) in [7, 11) is 0. The summed E-state index contributed by atoms with van der Waals surface area (Å²) in [4.78, 5) is 13.8. The zero-order valence-corrected chi connectivity index (χ0v) is 18.9. The summed E-state index contributed by atoms with van der Waals surface area (Å²) in [5.74, 6) is 1.88. The third kappa shape index (κ3) is 4.20. The zero-order valence-electron chi connectivity index (χ0n) is 18.9. The zero-order chi connectivity index (χ0) is 23.1. The van der Waals surface area contributed by atoms with Crippen molar-refractivity contribution >= 4 is 28.8 Å². The summed E-state index contributed by atoms with van der Waals surface area (Å²) in [6.07, 6.45) is 2.63. The molecule has 34 heavy (non-hydrogen) atoms. The second-order valence-electron chi connectivity index (χ2n) is 9.11. The first kappa shape index (κ1) is 21.0. The number of aliphatic hydroxyl groups is 1. The Morgan fingerprint density at radius 2 is 1.97 bits per heavy atom. The van der Waals surface area contributed by atoms with Crippen molar-refractivity contribution < 1.29 is 9.84 Å². The molecule has 176 valence electrons. The SMILES string of the molecule is NC(O)c1cnc(Nc2ccc3c(c2)OCC2CN(c4ccccc4)CCN32)nc1NC1CC1. The van der Waals surface area contributed by atoms with Crippen molar-refractivity contribution in [2.45, 2.75) is 31.2 Å². The molecule has 1 saturated carbocycles. The third-order valence-electron chi connectivity index (χ3n) is 6.61. The summed E-state index contributed by atoms with van der Waals surface area (Å²) in [6, 6.07) is 17.4. The van der Waals surface area contributed by atoms with Crippen LogP contribution in [0.5, 0.6) is 5.75 Å². The molecule has 9 nitrogen and oxygen atoms in total. The predicted octanol–water partition coefficient (Wildman–Crippen LogP) is 2.83. The van der Waals surface area contributed by atoms with Gasteiger partial charge in [0.2, 0.25) is 5.95 Å². The molecule has 1 aromatic heterocycles. The van der Waals surface area contributed by atoms with Crippen LogP contribution < -0.4 is 30.9 Å². The molecule has 0 spiro atoms. The largest absolute Gasteiger partial charge is 0.489 e. The van der Waals surface area contributed by atoms with Gasteiger partial charge in [-0.15, -0.1) is 0 Å². The number of aliphatic hydroxyl groups excluding tert-OH is 1. The number of anilines is 5. The van der Waals surface area contributed by atoms with Crippen LogP contribution in [0.1, 0.15) is 24.6 Å². The molecule has 2 aliphatic heterocycles. The number of hydrogen-bond acceptors (Lipinski definition) is 9. The van der Waals surface area contributed by atoms with E-state index >= 15 is 0 Å². The van der Waals surface area contributed by atoms with Crippen molar-refractivity contribution in [1.29, 1.82) is 0 Å². The first-order valence-electron chi connectivity index (χ1n) is 11.8. The monoisotopic (exact) mass is 459 g/mol. The quantitative estimate of drug-likeness (QED) is 0.413. The molecule has 2 aromatic carbocycles. The van der Waals surface area contributed by atoms with Crippen LogP contribution in [0, 0.1) is 0 Å². The van der Waals surface area contributed by atoms with Crippen LogP contribution in [0.4, 0.5) is 28.8 Å². The number of nitrogens with two attached hydrogens (primary N) is 1. The minimum Gasteiger partial charge on any atom is -0.489 e. The van der Waals surface area contributed by atoms with Gasteiger partial charge in [0.15, 0.2) is 0 Å². The van der Waals surface area contributed by atoms with Crippen LogP contribution in [-0.4, -0.2) is 53.4 Å². The first-order valence-corrected chi connectivity index (χ1v) is 11.8. The van der Waals surface area contributed by atoms with Gasteiger partial charge in [-0.25, -0.2) is 4.98 Å². The number of nitrogens with one attached hydrogen (secondary N) is 2. The van der Waals surface area contributed by atoms with Gasteiger partial charge >= 0.3 is 0 Å². The van der Waals surface area contributed by atoms with Crippen LogP contribution in [-0.2, 0) is 0 Å². The number of ether oxygens (including phenoxy) is 1. The molecule has 0 amide bonds. The maximum atomic E-state index is 9.84. The van der Waals surface area contributed by atoms with E-state index in [0.717, 1.165) is 49.6 Å². The van der Waals surface area contributed by atoms with E-state index in [4.69, 9.17) is 10.5 Å². The normalized spacial score (nSPS) is 20.1. The summed E-state index contributed by atoms with van der Waals surface area (Å²) in [6.45, 7) is 3.51. The third-order valence-corrected chi connectivity index (χ3v) is 6.61. The highest BCUT2D eigenvalue weighted by Crippen LogP contribution is 2.38. The molecule has 0 radical (unpaired) electrons. The van der Waals surface area contributed by atoms with E-state index in [0.29, 0.717) is 36.0 Å². The van der Waals surface area contributed by atoms with Gasteiger partial charge in [-0.2, -0.15) is 4.98 Å². The number of para-hydroxylation sites is 1. The van der Waals surface area contributed by atoms with Gasteiger partial charge < -0.3 is 36.0 Å². The fourth-order valence-electron chi connectivity index (χ4n) is 4.65. The van der Waals surface area contributed by atoms with Crippen LogP contribution in [0.25, 0.3) is 0 Å². The van der Waals surface area contributed by atoms with Gasteiger partial charge in [0.25, 0.3) is 0 Å². The van der Waals surface area contributed by atoms with E-state index < -0.39 is 6.23 Å². The Morgan fingerprint density at radius 1 is 1.12 bits per heavy atom. The Labute approximate surface area is 198 Å². The first-order chi connectivity index (χ1) is 16.6. The minimum absolute atomic E-state index is 0.315. The Balaban J connectivity index is 1.18. The molecule has 5 N–H and O–H groups in total. The molecule has 3 heterocycles. The number of aromatic nitrogens is 2. The fraction of sp³-hybridized carbons (Fsp3) is 0.360. The van der Waals surface area contributed by atoms with Gasteiger partial charge in [0.1, 0.15) is 24.4 Å². The van der Waals surface area contributed by atoms with Gasteiger partial charge in [-0.05, 0) is 37.1 Å². The van der Waals surface area contributed by atoms with E-state index in [1.165, 1.54) is 5.69 Å². The summed E-state index contributed by atoms with van der Waals surface area (Å²) >= 11 is 0. The van der Waals surface area contributed by atoms with E-state index in [1.807, 2.05) is 12.1 Å². The Hall–Kier alpha value is -3.56. The average molecular weight is 460 g/mol. The van der Waals surface area contributed by atoms with Crippen molar-refractivity contribution in [3.05, 3.63) is 60.3 Å². The average Bonchev–Trinajstić information content (AvgIpc) is 3.68. The maximum Gasteiger partial charge on any atom is 0.229 e. The minimum atomic E-state index is -1.12. The molecule has 2 atom stereocenters. The van der Waals surface area contributed by atoms with Crippen LogP contribution in [0.15, 0.2) is 54.7 Å². The van der Waals surface area contributed by atoms with Gasteiger partial charge in [0, 0.05) is 49.3 Å². The molecule has 1 aliphatic carbocycles. The van der Waals surface area contributed by atoms with Crippen LogP contribution in [0.3, 0.4) is 0 Å². The molecule has 2 fully saturated rings. The topological polar surface area (TPSA) is 112 Å². The highest BCUT2D eigenvalue weighted by molar-refractivity contribution is 5.70. The predicted molar refractivity (Wildman–Crippen MR) is 133 cm³/mol. The fourth-order valence-corrected chi connectivity index (χ4v) is 4.65. The van der Waals surface area contributed by atoms with Gasteiger partial charge in [0.05, 0.1) is 17.3 Å². The molecule has 6 rings (SSSR count). The van der Waals surface area contributed by atoms with Crippen molar-refractivity contribution in [2.24, 2.45) is 5.73 Å². The standard InChI is InChI=1S/C25H29N7O2/c26-23(33)20-13-27-25(30-24(20)28-16-6-7-16)29-17-8-9-21-22(12-17)34-15-19-14-31(10-11-32(19)21)18-4-2-1-3-5-18/h1-5,8-9,12-13,16,19,23,33H,6-7,10-11,14-15,26H2,(H2,27,28,29,30). The van der Waals surface area contributed by atoms with Gasteiger partial charge in [-0.3, -0.25) is 0 Å². The smallest absolute Gasteiger partial charge is 0.229 e. The van der Waals surface area contributed by atoms with Crippen LogP contribution in [0.2, 0.25) is 0 Å². The molecule has 3 aromatic rings. The maximum absolute atomic E-state index is 9.84. The van der Waals surface area contributed by atoms with E-state index in [-0.39, 0.29) is 0 Å². The lowest BCUT2D eigenvalue weighted by molar-refractivity contribution is 0.186. The molecule has 1 saturated heterocycles. The van der Waals surface area contributed by atoms with E-state index in [1.54, 1.807) is 6.20 Å². The number of fused-ring (bicyclic) bond motifs is 3. The van der Waals surface area contributed by atoms with Crippen LogP contribution >= 0.6 is 0 Å². The highest BCUT2D eigenvalue weighted by Gasteiger charge is 2.33. The van der Waals surface area contributed by atoms with E-state index in [9.17, 15) is 5.11 Å². The highest BCUT2D eigenvalue weighted by atomic mass is 16.5. The van der Waals surface area contributed by atoms with Crippen molar-refractivity contribution in [3.63, 3.8) is 0 Å². The van der Waals surface area contributed by atoms with Crippen molar-refractivity contribution in [1.82, 2.24) is 9.97 Å². The van der Waals surface area contributed by atoms with Crippen molar-refractivity contribution in [3.8, 4) is 5.75 Å². The lowest BCUT2D eigenvalue weighted by Gasteiger charge is -2.46.